The molecule has 0 aliphatic carbocycles. The van der Waals surface area contributed by atoms with Crippen LogP contribution in [0.25, 0.3) is 0 Å². The molecule has 7 nitrogen and oxygen atoms in total. The zero-order valence-electron chi connectivity index (χ0n) is 16.7. The van der Waals surface area contributed by atoms with Crippen LogP contribution in [0.5, 0.6) is 5.75 Å². The lowest BCUT2D eigenvalue weighted by Gasteiger charge is -2.25. The van der Waals surface area contributed by atoms with Gasteiger partial charge >= 0.3 is 6.03 Å². The predicted octanol–water partition coefficient (Wildman–Crippen LogP) is 2.90. The van der Waals surface area contributed by atoms with Crippen LogP contribution in [-0.2, 0) is 4.79 Å². The Morgan fingerprint density at radius 3 is 2.50 bits per heavy atom. The SMILES string of the molecule is CCOc1ccccc1NC(=O)N1CC[C@@H]2[C@H]1C(=O)CN2C(=O)c1ccccc1.S. The first-order valence-electron chi connectivity index (χ1n) is 9.78. The molecule has 2 aliphatic heterocycles. The number of hydrogen-bond donors (Lipinski definition) is 1. The number of carbonyl (C=O) groups is 3. The van der Waals surface area contributed by atoms with Gasteiger partial charge in [0.2, 0.25) is 0 Å². The summed E-state index contributed by atoms with van der Waals surface area (Å²) in [6, 6.07) is 14.9. The van der Waals surface area contributed by atoms with Crippen molar-refractivity contribution in [2.24, 2.45) is 0 Å². The molecule has 0 spiro atoms. The second-order valence-corrected chi connectivity index (χ2v) is 7.12. The van der Waals surface area contributed by atoms with Crippen molar-refractivity contribution in [1.82, 2.24) is 9.80 Å². The van der Waals surface area contributed by atoms with E-state index in [1.807, 2.05) is 25.1 Å². The molecule has 0 aromatic heterocycles. The monoisotopic (exact) mass is 427 g/mol. The van der Waals surface area contributed by atoms with Crippen molar-refractivity contribution in [3.8, 4) is 5.75 Å². The first-order valence-corrected chi connectivity index (χ1v) is 9.78. The molecule has 2 aromatic rings. The van der Waals surface area contributed by atoms with Crippen molar-refractivity contribution >= 4 is 36.9 Å². The number of ketones is 1. The lowest BCUT2D eigenvalue weighted by atomic mass is 10.1. The predicted molar refractivity (Wildman–Crippen MR) is 118 cm³/mol. The summed E-state index contributed by atoms with van der Waals surface area (Å²) < 4.78 is 5.55. The smallest absolute Gasteiger partial charge is 0.322 e. The van der Waals surface area contributed by atoms with Gasteiger partial charge in [0, 0.05) is 12.1 Å². The molecule has 2 fully saturated rings. The normalized spacial score (nSPS) is 19.8. The molecule has 8 heteroatoms. The van der Waals surface area contributed by atoms with Crippen LogP contribution in [0.3, 0.4) is 0 Å². The summed E-state index contributed by atoms with van der Waals surface area (Å²) in [5, 5.41) is 2.85. The van der Waals surface area contributed by atoms with Crippen LogP contribution in [0.2, 0.25) is 0 Å². The van der Waals surface area contributed by atoms with Crippen molar-refractivity contribution < 1.29 is 19.1 Å². The van der Waals surface area contributed by atoms with Gasteiger partial charge in [-0.3, -0.25) is 9.59 Å². The summed E-state index contributed by atoms with van der Waals surface area (Å²) in [5.41, 5.74) is 1.11. The van der Waals surface area contributed by atoms with Gasteiger partial charge in [0.05, 0.1) is 24.9 Å². The van der Waals surface area contributed by atoms with Crippen LogP contribution in [0.1, 0.15) is 23.7 Å². The largest absolute Gasteiger partial charge is 0.492 e. The Labute approximate surface area is 182 Å². The summed E-state index contributed by atoms with van der Waals surface area (Å²) in [4.78, 5) is 41.6. The van der Waals surface area contributed by atoms with Crippen LogP contribution in [0.4, 0.5) is 10.5 Å². The molecule has 0 radical (unpaired) electrons. The molecule has 2 atom stereocenters. The molecule has 0 unspecified atom stereocenters. The van der Waals surface area contributed by atoms with Crippen LogP contribution >= 0.6 is 13.5 Å². The molecule has 30 heavy (non-hydrogen) atoms. The summed E-state index contributed by atoms with van der Waals surface area (Å²) in [7, 11) is 0. The van der Waals surface area contributed by atoms with Gasteiger partial charge < -0.3 is 19.9 Å². The summed E-state index contributed by atoms with van der Waals surface area (Å²) in [5.74, 6) is 0.304. The van der Waals surface area contributed by atoms with Crippen LogP contribution in [0, 0.1) is 0 Å². The van der Waals surface area contributed by atoms with Gasteiger partial charge in [-0.05, 0) is 37.6 Å². The molecule has 158 valence electrons. The lowest BCUT2D eigenvalue weighted by Crippen LogP contribution is -2.45. The fourth-order valence-electron chi connectivity index (χ4n) is 4.10. The number of urea groups is 1. The molecule has 4 rings (SSSR count). The first-order chi connectivity index (χ1) is 14.1. The van der Waals surface area contributed by atoms with E-state index in [0.29, 0.717) is 36.6 Å². The second kappa shape index (κ2) is 9.21. The molecule has 2 aliphatic rings. The summed E-state index contributed by atoms with van der Waals surface area (Å²) in [6.07, 6.45) is 0.579. The number of fused-ring (bicyclic) bond motifs is 1. The summed E-state index contributed by atoms with van der Waals surface area (Å²) >= 11 is 0. The Morgan fingerprint density at radius 2 is 1.77 bits per heavy atom. The van der Waals surface area contributed by atoms with Gasteiger partial charge in [-0.15, -0.1) is 0 Å². The first kappa shape index (κ1) is 21.7. The number of anilines is 1. The number of hydrogen-bond acceptors (Lipinski definition) is 4. The number of Topliss-reactive ketones (excluding diaryl/α,β-unsaturated/α-hetero) is 1. The van der Waals surface area contributed by atoms with Gasteiger partial charge in [-0.1, -0.05) is 30.3 Å². The highest BCUT2D eigenvalue weighted by atomic mass is 32.1. The third-order valence-corrected chi connectivity index (χ3v) is 5.39. The van der Waals surface area contributed by atoms with Crippen molar-refractivity contribution in [2.75, 3.05) is 25.0 Å². The van der Waals surface area contributed by atoms with Gasteiger partial charge in [0.25, 0.3) is 5.91 Å². The standard InChI is InChI=1S/C22H23N3O4.H2S/c1-2-29-19-11-7-6-10-16(19)23-22(28)24-13-12-17-20(24)18(26)14-25(17)21(27)15-8-4-3-5-9-15;/h3-11,17,20H,2,12-14H2,1H3,(H,23,28);1H2/t17-,20+;/m1./s1. The minimum absolute atomic E-state index is 0. The van der Waals surface area contributed by atoms with E-state index in [2.05, 4.69) is 5.32 Å². The Hall–Kier alpha value is -3.00. The Bertz CT molecular complexity index is 937. The van der Waals surface area contributed by atoms with E-state index in [0.717, 1.165) is 0 Å². The Morgan fingerprint density at radius 1 is 1.07 bits per heavy atom. The number of amides is 3. The average Bonchev–Trinajstić information content (AvgIpc) is 3.31. The van der Waals surface area contributed by atoms with E-state index in [9.17, 15) is 14.4 Å². The minimum Gasteiger partial charge on any atom is -0.492 e. The third-order valence-electron chi connectivity index (χ3n) is 5.39. The lowest BCUT2D eigenvalue weighted by molar-refractivity contribution is -0.119. The maximum absolute atomic E-state index is 12.9. The number of nitrogens with one attached hydrogen (secondary N) is 1. The average molecular weight is 428 g/mol. The maximum atomic E-state index is 12.9. The van der Waals surface area contributed by atoms with Crippen molar-refractivity contribution in [2.45, 2.75) is 25.4 Å². The number of rotatable bonds is 4. The molecule has 0 saturated carbocycles. The second-order valence-electron chi connectivity index (χ2n) is 7.12. The Balaban J connectivity index is 0.00000256. The zero-order chi connectivity index (χ0) is 20.4. The Kier molecular flexibility index (Phi) is 6.66. The molecular weight excluding hydrogens is 402 g/mol. The number of nitrogens with zero attached hydrogens (tertiary/aromatic N) is 2. The minimum atomic E-state index is -0.609. The fourth-order valence-corrected chi connectivity index (χ4v) is 4.10. The third kappa shape index (κ3) is 4.00. The maximum Gasteiger partial charge on any atom is 0.322 e. The number of likely N-dealkylation sites (tertiary alicyclic amines) is 2. The molecule has 2 aromatic carbocycles. The van der Waals surface area contributed by atoms with Crippen molar-refractivity contribution in [3.63, 3.8) is 0 Å². The highest BCUT2D eigenvalue weighted by Gasteiger charge is 2.51. The molecule has 0 bridgehead atoms. The van der Waals surface area contributed by atoms with Gasteiger partial charge in [-0.2, -0.15) is 13.5 Å². The van der Waals surface area contributed by atoms with E-state index >= 15 is 0 Å². The molecule has 3 amide bonds. The molecule has 2 heterocycles. The molecule has 2 saturated heterocycles. The number of ether oxygens (including phenoxy) is 1. The van der Waals surface area contributed by atoms with E-state index in [1.54, 1.807) is 41.3 Å². The van der Waals surface area contributed by atoms with E-state index in [-0.39, 0.29) is 43.8 Å². The van der Waals surface area contributed by atoms with E-state index < -0.39 is 6.04 Å². The number of carbonyl (C=O) groups excluding carboxylic acids is 3. The van der Waals surface area contributed by atoms with Crippen molar-refractivity contribution in [3.05, 3.63) is 60.2 Å². The zero-order valence-corrected chi connectivity index (χ0v) is 17.7. The summed E-state index contributed by atoms with van der Waals surface area (Å²) in [6.45, 7) is 2.81. The quantitative estimate of drug-likeness (QED) is 0.814. The fraction of sp³-hybridized carbons (Fsp3) is 0.318. The van der Waals surface area contributed by atoms with E-state index in [4.69, 9.17) is 4.74 Å². The number of para-hydroxylation sites is 2. The van der Waals surface area contributed by atoms with Gasteiger partial charge in [0.1, 0.15) is 11.8 Å². The van der Waals surface area contributed by atoms with Crippen LogP contribution < -0.4 is 10.1 Å². The topological polar surface area (TPSA) is 79.0 Å². The van der Waals surface area contributed by atoms with Crippen LogP contribution in [-0.4, -0.2) is 59.3 Å². The van der Waals surface area contributed by atoms with E-state index in [1.165, 1.54) is 4.90 Å². The molecular formula is C22H25N3O4S. The highest BCUT2D eigenvalue weighted by molar-refractivity contribution is 7.59. The van der Waals surface area contributed by atoms with Crippen LogP contribution in [0.15, 0.2) is 54.6 Å². The highest BCUT2D eigenvalue weighted by Crippen LogP contribution is 2.32. The van der Waals surface area contributed by atoms with Crippen molar-refractivity contribution in [1.29, 1.82) is 0 Å². The number of benzene rings is 2. The molecule has 1 N–H and O–H groups in total. The van der Waals surface area contributed by atoms with Gasteiger partial charge in [0.15, 0.2) is 5.78 Å². The van der Waals surface area contributed by atoms with Gasteiger partial charge in [-0.25, -0.2) is 4.79 Å².